The van der Waals surface area contributed by atoms with Crippen LogP contribution in [0.1, 0.15) is 35.1 Å². The average Bonchev–Trinajstić information content (AvgIpc) is 2.83. The molecule has 0 saturated heterocycles. The number of amides is 1. The SMILES string of the molecule is Cc1ccc([C@@H](C(=O)NCc2ccccc2)[C@@H](C)/C=C/c2ccc3ccccc3c2)cc1. The Labute approximate surface area is 190 Å². The second-order valence-corrected chi connectivity index (χ2v) is 8.42. The summed E-state index contributed by atoms with van der Waals surface area (Å²) < 4.78 is 0. The van der Waals surface area contributed by atoms with Gasteiger partial charge in [0.1, 0.15) is 0 Å². The number of nitrogens with one attached hydrogen (secondary N) is 1. The number of hydrogen-bond acceptors (Lipinski definition) is 1. The fraction of sp³-hybridized carbons (Fsp3) is 0.167. The predicted molar refractivity (Wildman–Crippen MR) is 134 cm³/mol. The molecule has 0 aliphatic heterocycles. The van der Waals surface area contributed by atoms with Crippen LogP contribution in [0.3, 0.4) is 0 Å². The van der Waals surface area contributed by atoms with Crippen LogP contribution < -0.4 is 5.32 Å². The number of rotatable bonds is 7. The van der Waals surface area contributed by atoms with Crippen LogP contribution in [0.25, 0.3) is 16.8 Å². The second kappa shape index (κ2) is 10.1. The van der Waals surface area contributed by atoms with E-state index in [1.807, 2.05) is 30.3 Å². The molecule has 0 saturated carbocycles. The number of allylic oxidation sites excluding steroid dienone is 1. The van der Waals surface area contributed by atoms with Crippen LogP contribution in [-0.2, 0) is 11.3 Å². The third-order valence-electron chi connectivity index (χ3n) is 5.92. The van der Waals surface area contributed by atoms with E-state index in [4.69, 9.17) is 0 Å². The minimum absolute atomic E-state index is 0.0416. The van der Waals surface area contributed by atoms with Crippen LogP contribution in [0, 0.1) is 12.8 Å². The molecule has 0 fully saturated rings. The fourth-order valence-electron chi connectivity index (χ4n) is 4.05. The molecule has 0 aromatic heterocycles. The Morgan fingerprint density at radius 2 is 1.53 bits per heavy atom. The lowest BCUT2D eigenvalue weighted by Crippen LogP contribution is -2.32. The van der Waals surface area contributed by atoms with E-state index in [2.05, 4.69) is 98.0 Å². The smallest absolute Gasteiger partial charge is 0.228 e. The van der Waals surface area contributed by atoms with E-state index in [1.54, 1.807) is 0 Å². The molecule has 4 aromatic carbocycles. The summed E-state index contributed by atoms with van der Waals surface area (Å²) in [6.45, 7) is 4.71. The maximum absolute atomic E-state index is 13.3. The van der Waals surface area contributed by atoms with Gasteiger partial charge in [-0.25, -0.2) is 0 Å². The summed E-state index contributed by atoms with van der Waals surface area (Å²) in [5, 5.41) is 5.59. The zero-order chi connectivity index (χ0) is 22.3. The molecular weight excluding hydrogens is 390 g/mol. The molecule has 2 atom stereocenters. The van der Waals surface area contributed by atoms with Crippen LogP contribution in [-0.4, -0.2) is 5.91 Å². The topological polar surface area (TPSA) is 29.1 Å². The summed E-state index contributed by atoms with van der Waals surface area (Å²) in [5.41, 5.74) is 4.47. The summed E-state index contributed by atoms with van der Waals surface area (Å²) >= 11 is 0. The van der Waals surface area contributed by atoms with Crippen LogP contribution in [0.5, 0.6) is 0 Å². The molecule has 0 radical (unpaired) electrons. The van der Waals surface area contributed by atoms with Gasteiger partial charge in [0.2, 0.25) is 5.91 Å². The van der Waals surface area contributed by atoms with Gasteiger partial charge in [-0.15, -0.1) is 0 Å². The van der Waals surface area contributed by atoms with Crippen molar-refractivity contribution in [1.82, 2.24) is 5.32 Å². The molecule has 0 aliphatic carbocycles. The molecule has 4 aromatic rings. The number of carbonyl (C=O) groups is 1. The van der Waals surface area contributed by atoms with Gasteiger partial charge < -0.3 is 5.32 Å². The predicted octanol–water partition coefficient (Wildman–Crippen LogP) is 6.90. The first-order chi connectivity index (χ1) is 15.6. The van der Waals surface area contributed by atoms with Crippen LogP contribution in [0.4, 0.5) is 0 Å². The van der Waals surface area contributed by atoms with Crippen molar-refractivity contribution >= 4 is 22.8 Å². The van der Waals surface area contributed by atoms with Crippen molar-refractivity contribution in [1.29, 1.82) is 0 Å². The molecule has 0 spiro atoms. The average molecular weight is 420 g/mol. The third kappa shape index (κ3) is 5.33. The molecule has 160 valence electrons. The van der Waals surface area contributed by atoms with Gasteiger partial charge in [-0.05, 0) is 46.4 Å². The van der Waals surface area contributed by atoms with Gasteiger partial charge in [0.15, 0.2) is 0 Å². The van der Waals surface area contributed by atoms with Gasteiger partial charge in [0, 0.05) is 6.54 Å². The lowest BCUT2D eigenvalue weighted by molar-refractivity contribution is -0.123. The van der Waals surface area contributed by atoms with Crippen molar-refractivity contribution in [2.24, 2.45) is 5.92 Å². The Morgan fingerprint density at radius 1 is 0.844 bits per heavy atom. The van der Waals surface area contributed by atoms with Crippen molar-refractivity contribution in [2.75, 3.05) is 0 Å². The number of fused-ring (bicyclic) bond motifs is 1. The second-order valence-electron chi connectivity index (χ2n) is 8.42. The Hall–Kier alpha value is -3.65. The molecule has 4 rings (SSSR count). The summed E-state index contributed by atoms with van der Waals surface area (Å²) in [4.78, 5) is 13.3. The zero-order valence-corrected chi connectivity index (χ0v) is 18.7. The standard InChI is InChI=1S/C30H29NO/c1-22-12-17-27(18-13-22)29(30(32)31-21-25-8-4-3-5-9-25)23(2)14-15-24-16-19-26-10-6-7-11-28(26)20-24/h3-20,23,29H,21H2,1-2H3,(H,31,32)/b15-14+/t23-,29-/m0/s1. The number of aryl methyl sites for hydroxylation is 1. The highest BCUT2D eigenvalue weighted by atomic mass is 16.1. The van der Waals surface area contributed by atoms with E-state index >= 15 is 0 Å². The van der Waals surface area contributed by atoms with Gasteiger partial charge >= 0.3 is 0 Å². The monoisotopic (exact) mass is 419 g/mol. The number of carbonyl (C=O) groups excluding carboxylic acids is 1. The van der Waals surface area contributed by atoms with E-state index < -0.39 is 0 Å². The van der Waals surface area contributed by atoms with Crippen LogP contribution >= 0.6 is 0 Å². The first-order valence-electron chi connectivity index (χ1n) is 11.2. The molecule has 0 bridgehead atoms. The first kappa shape index (κ1) is 21.6. The normalized spacial score (nSPS) is 13.2. The summed E-state index contributed by atoms with van der Waals surface area (Å²) in [6.07, 6.45) is 4.28. The summed E-state index contributed by atoms with van der Waals surface area (Å²) in [7, 11) is 0. The van der Waals surface area contributed by atoms with Crippen LogP contribution in [0.15, 0.2) is 103 Å². The van der Waals surface area contributed by atoms with Gasteiger partial charge in [-0.2, -0.15) is 0 Å². The number of benzene rings is 4. The molecule has 1 amide bonds. The maximum Gasteiger partial charge on any atom is 0.228 e. The zero-order valence-electron chi connectivity index (χ0n) is 18.7. The van der Waals surface area contributed by atoms with E-state index in [0.717, 1.165) is 16.7 Å². The van der Waals surface area contributed by atoms with Gasteiger partial charge in [0.25, 0.3) is 0 Å². The Bertz CT molecular complexity index is 1210. The molecule has 0 unspecified atom stereocenters. The van der Waals surface area contributed by atoms with E-state index in [0.29, 0.717) is 6.54 Å². The van der Waals surface area contributed by atoms with E-state index in [9.17, 15) is 4.79 Å². The van der Waals surface area contributed by atoms with Crippen molar-refractivity contribution in [3.05, 3.63) is 125 Å². The highest BCUT2D eigenvalue weighted by Crippen LogP contribution is 2.28. The third-order valence-corrected chi connectivity index (χ3v) is 5.92. The Kier molecular flexibility index (Phi) is 6.81. The van der Waals surface area contributed by atoms with Crippen molar-refractivity contribution in [3.8, 4) is 0 Å². The summed E-state index contributed by atoms with van der Waals surface area (Å²) in [5.74, 6) is -0.163. The van der Waals surface area contributed by atoms with Crippen LogP contribution in [0.2, 0.25) is 0 Å². The minimum atomic E-state index is -0.254. The molecule has 2 heteroatoms. The van der Waals surface area contributed by atoms with Gasteiger partial charge in [0.05, 0.1) is 5.92 Å². The minimum Gasteiger partial charge on any atom is -0.351 e. The summed E-state index contributed by atoms with van der Waals surface area (Å²) in [6, 6.07) is 33.2. The molecule has 0 aliphatic rings. The fourth-order valence-corrected chi connectivity index (χ4v) is 4.05. The first-order valence-corrected chi connectivity index (χ1v) is 11.2. The van der Waals surface area contributed by atoms with Gasteiger partial charge in [-0.1, -0.05) is 116 Å². The van der Waals surface area contributed by atoms with Gasteiger partial charge in [-0.3, -0.25) is 4.79 Å². The number of hydrogen-bond donors (Lipinski definition) is 1. The molecule has 2 nitrogen and oxygen atoms in total. The largest absolute Gasteiger partial charge is 0.351 e. The highest BCUT2D eigenvalue weighted by Gasteiger charge is 2.25. The quantitative estimate of drug-likeness (QED) is 0.347. The molecule has 0 heterocycles. The lowest BCUT2D eigenvalue weighted by Gasteiger charge is -2.22. The van der Waals surface area contributed by atoms with E-state index in [1.165, 1.54) is 16.3 Å². The molecule has 1 N–H and O–H groups in total. The lowest BCUT2D eigenvalue weighted by atomic mass is 9.85. The maximum atomic E-state index is 13.3. The molecule has 32 heavy (non-hydrogen) atoms. The Balaban J connectivity index is 1.55. The van der Waals surface area contributed by atoms with Crippen molar-refractivity contribution in [2.45, 2.75) is 26.3 Å². The van der Waals surface area contributed by atoms with Crippen molar-refractivity contribution < 1.29 is 4.79 Å². The molecular formula is C30H29NO. The Morgan fingerprint density at radius 3 is 2.28 bits per heavy atom. The van der Waals surface area contributed by atoms with E-state index in [-0.39, 0.29) is 17.7 Å². The highest BCUT2D eigenvalue weighted by molar-refractivity contribution is 5.85. The van der Waals surface area contributed by atoms with Crippen molar-refractivity contribution in [3.63, 3.8) is 0 Å².